The summed E-state index contributed by atoms with van der Waals surface area (Å²) in [7, 11) is 3.72. The van der Waals surface area contributed by atoms with Gasteiger partial charge in [-0.2, -0.15) is 0 Å². The number of unbranched alkanes of at least 4 members (excludes halogenated alkanes) is 1. The van der Waals surface area contributed by atoms with Crippen molar-refractivity contribution in [3.05, 3.63) is 175 Å². The number of aromatic nitrogens is 10. The molecule has 15 amide bonds. The minimum Gasteiger partial charge on any atom is -0.368 e. The minimum absolute atomic E-state index is 0.000630. The number of carbonyl (C=O) groups excluding carboxylic acids is 15. The Hall–Kier alpha value is -15.1. The zero-order valence-corrected chi connectivity index (χ0v) is 75.1. The molecule has 6 rings (SSSR count). The summed E-state index contributed by atoms with van der Waals surface area (Å²) in [5, 5.41) is 23.5. The summed E-state index contributed by atoms with van der Waals surface area (Å²) in [6.45, 7) is -4.87. The molecule has 1 atom stereocenters. The molecule has 1 aliphatic heterocycles. The van der Waals surface area contributed by atoms with Gasteiger partial charge in [0.2, 0.25) is 88.6 Å². The third kappa shape index (κ3) is 36.0. The van der Waals surface area contributed by atoms with Gasteiger partial charge in [0.25, 0.3) is 27.8 Å². The van der Waals surface area contributed by atoms with Crippen LogP contribution in [0.2, 0.25) is 0 Å². The Balaban J connectivity index is 1.21. The van der Waals surface area contributed by atoms with Gasteiger partial charge in [0.1, 0.15) is 38.8 Å². The number of hydrogen-bond donors (Lipinski definition) is 16. The topological polar surface area (TPSA) is 717 Å². The summed E-state index contributed by atoms with van der Waals surface area (Å²) in [6, 6.07) is -1.18. The smallest absolute Gasteiger partial charge is 0.328 e. The van der Waals surface area contributed by atoms with Gasteiger partial charge in [-0.25, -0.2) is 24.0 Å². The first kappa shape index (κ1) is 107. The molecule has 133 heavy (non-hydrogen) atoms. The van der Waals surface area contributed by atoms with Crippen LogP contribution in [-0.2, 0) is 105 Å². The Kier molecular flexibility index (Phi) is 42.1. The molecule has 54 heteroatoms. The van der Waals surface area contributed by atoms with Crippen molar-refractivity contribution in [1.29, 1.82) is 0 Å². The van der Waals surface area contributed by atoms with Crippen molar-refractivity contribution < 1.29 is 71.9 Å². The average molecular weight is 1870 g/mol. The predicted octanol–water partition coefficient (Wildman–Crippen LogP) is -14.1. The van der Waals surface area contributed by atoms with Crippen molar-refractivity contribution in [1.82, 2.24) is 135 Å². The molecular formula is C79H115N29O25. The van der Waals surface area contributed by atoms with Gasteiger partial charge in [-0.05, 0) is 87.5 Å². The number of amides is 15. The molecule has 0 bridgehead atoms. The van der Waals surface area contributed by atoms with Crippen molar-refractivity contribution in [2.24, 2.45) is 11.5 Å². The molecule has 0 aliphatic carbocycles. The minimum atomic E-state index is -1.18. The van der Waals surface area contributed by atoms with Crippen molar-refractivity contribution >= 4 is 88.6 Å². The van der Waals surface area contributed by atoms with E-state index in [9.17, 15) is 120 Å². The molecular weight excluding hydrogens is 1760 g/mol. The van der Waals surface area contributed by atoms with E-state index in [0.29, 0.717) is 32.4 Å². The van der Waals surface area contributed by atoms with Crippen LogP contribution >= 0.6 is 0 Å². The summed E-state index contributed by atoms with van der Waals surface area (Å²) >= 11 is 0. The van der Waals surface area contributed by atoms with E-state index in [2.05, 4.69) is 72.8 Å². The molecule has 0 saturated carbocycles. The summed E-state index contributed by atoms with van der Waals surface area (Å²) in [5.41, 5.74) is 2.86. The van der Waals surface area contributed by atoms with Gasteiger partial charge >= 0.3 is 28.4 Å². The second-order valence-electron chi connectivity index (χ2n) is 31.3. The van der Waals surface area contributed by atoms with Gasteiger partial charge in [0.05, 0.1) is 52.5 Å². The molecule has 0 unspecified atom stereocenters. The van der Waals surface area contributed by atoms with Crippen LogP contribution < -0.4 is 116 Å². The highest BCUT2D eigenvalue weighted by Crippen LogP contribution is 2.08. The van der Waals surface area contributed by atoms with Crippen LogP contribution in [0.1, 0.15) is 60.4 Å². The van der Waals surface area contributed by atoms with Crippen molar-refractivity contribution in [3.63, 3.8) is 0 Å². The molecule has 0 radical (unpaired) electrons. The number of nitrogens with one attached hydrogen (secondary N) is 14. The Morgan fingerprint density at radius 2 is 0.647 bits per heavy atom. The zero-order valence-electron chi connectivity index (χ0n) is 75.1. The van der Waals surface area contributed by atoms with Crippen LogP contribution in [0, 0.1) is 34.6 Å². The summed E-state index contributed by atoms with van der Waals surface area (Å²) in [6.07, 6.45) is 8.49. The summed E-state index contributed by atoms with van der Waals surface area (Å²) < 4.78 is 4.27. The van der Waals surface area contributed by atoms with Crippen LogP contribution in [0.15, 0.2) is 90.7 Å². The molecule has 0 spiro atoms. The number of hydrogen-bond acceptors (Lipinski definition) is 29. The van der Waals surface area contributed by atoms with Crippen molar-refractivity contribution in [2.75, 3.05) is 171 Å². The van der Waals surface area contributed by atoms with E-state index >= 15 is 0 Å². The van der Waals surface area contributed by atoms with Crippen LogP contribution in [0.25, 0.3) is 0 Å². The van der Waals surface area contributed by atoms with E-state index in [1.165, 1.54) is 52.6 Å². The fourth-order valence-corrected chi connectivity index (χ4v) is 12.9. The predicted molar refractivity (Wildman–Crippen MR) is 471 cm³/mol. The lowest BCUT2D eigenvalue weighted by Gasteiger charge is -2.30. The number of nitrogens with two attached hydrogens (primary N) is 2. The Morgan fingerprint density at radius 1 is 0.368 bits per heavy atom. The maximum atomic E-state index is 14.6. The molecule has 54 nitrogen and oxygen atoms in total. The first-order chi connectivity index (χ1) is 62.9. The monoisotopic (exact) mass is 1870 g/mol. The fraction of sp³-hybridized carbons (Fsp3) is 0.532. The van der Waals surface area contributed by atoms with Gasteiger partial charge < -0.3 is 93.2 Å². The molecule has 0 fully saturated rings. The third-order valence-corrected chi connectivity index (χ3v) is 20.2. The van der Waals surface area contributed by atoms with Crippen LogP contribution in [0.4, 0.5) is 0 Å². The number of rotatable bonds is 53. The molecule has 6 heterocycles. The van der Waals surface area contributed by atoms with Crippen LogP contribution in [-0.4, -0.2) is 353 Å². The second-order valence-corrected chi connectivity index (χ2v) is 31.3. The van der Waals surface area contributed by atoms with Gasteiger partial charge in [-0.1, -0.05) is 0 Å². The zero-order chi connectivity index (χ0) is 98.5. The van der Waals surface area contributed by atoms with Crippen molar-refractivity contribution in [3.8, 4) is 0 Å². The molecule has 0 aromatic carbocycles. The largest absolute Gasteiger partial charge is 0.368 e. The molecule has 726 valence electrons. The van der Waals surface area contributed by atoms with Gasteiger partial charge in [-0.15, -0.1) is 0 Å². The van der Waals surface area contributed by atoms with E-state index in [-0.39, 0.29) is 72.7 Å². The number of aromatic amines is 5. The Labute approximate surface area is 755 Å². The Bertz CT molecular complexity index is 5770. The highest BCUT2D eigenvalue weighted by molar-refractivity contribution is 5.94. The molecule has 1 aliphatic rings. The van der Waals surface area contributed by atoms with E-state index < -0.39 is 295 Å². The van der Waals surface area contributed by atoms with E-state index in [1.54, 1.807) is 0 Å². The first-order valence-electron chi connectivity index (χ1n) is 42.0. The van der Waals surface area contributed by atoms with Crippen molar-refractivity contribution in [2.45, 2.75) is 106 Å². The molecule has 0 saturated heterocycles. The SMILES string of the molecule is CC(=O)NCCN(CC(=O)NCCN(CC(=O)NCCN(CC(=O)NCCN(CC(=O)NCCN(CC(=O)NCCN(CC(=O)N[C@@H](CCCCN)C(N)=O)C(=O)Cn1cc(C)c(=O)[nH]c1=O)C(=O)Cn1cc(C)c(=O)[nH]c1=O)C(=O)CN1C=C(C(=O)NCCCN(C)C)CNC1)C(=O)Cn1cc(C)c(=O)[nH]c1=O)C(=O)Cn1cc(C)c(=O)[nH]c1=O)C(=O)Cn1cc(C)c(=O)[nH]c1=O. The number of carbonyl (C=O) groups is 15. The fourth-order valence-electron chi connectivity index (χ4n) is 12.9. The number of primary amides is 1. The van der Waals surface area contributed by atoms with Gasteiger partial charge in [0, 0.05) is 169 Å². The highest BCUT2D eigenvalue weighted by Gasteiger charge is 2.30. The summed E-state index contributed by atoms with van der Waals surface area (Å²) in [4.78, 5) is 350. The second kappa shape index (κ2) is 52.5. The molecule has 5 aromatic rings. The lowest BCUT2D eigenvalue weighted by molar-refractivity contribution is -0.138. The lowest BCUT2D eigenvalue weighted by Crippen LogP contribution is -2.52. The summed E-state index contributed by atoms with van der Waals surface area (Å²) in [5.74, 6) is -12.5. The normalized spacial score (nSPS) is 11.8. The number of nitrogens with zero attached hydrogens (tertiary/aromatic N) is 13. The lowest BCUT2D eigenvalue weighted by atomic mass is 10.1. The van der Waals surface area contributed by atoms with E-state index in [1.807, 2.05) is 19.0 Å². The molecule has 18 N–H and O–H groups in total. The standard InChI is InChI=1S/C79H115N29O25/c1-48-29-104(75(129)91-69(48)123)42-63(117)99(22-15-83-53(6)109)36-57(111)86-18-25-102(66(120)45-107-32-51(4)72(126)94-78(107)132)38-59(113)87-19-26-101(65(119)44-106-31-50(3)71(125)93-77(106)131)37-58(112)84-16-23-98(62(116)41-97-34-54(28-82-47-97)74(128)89-14-11-21-96(7)8)35-56(110)85-17-24-100(64(118)43-105-30-49(2)70(124)92-76(105)130)39-60(114)88-20-27-103(40-61(115)90-55(68(81)122)12-9-10-13-80)67(121)46-108-33-52(5)73(127)95-79(108)133/h29-34,55,82H,9-28,35-47,80H2,1-8H3,(H2,81,122)(H,83,109)(H,84,112)(H,85,110)(H,86,111)(H,87,113)(H,88,114)(H,89,128)(H,90,115)(H,91,123,129)(H,92,124,130)(H,93,125,131)(H,94,126,132)(H,95,127,133)/t55-/m0/s1. The highest BCUT2D eigenvalue weighted by atomic mass is 16.2. The van der Waals surface area contributed by atoms with Crippen LogP contribution in [0.5, 0.6) is 0 Å². The van der Waals surface area contributed by atoms with E-state index in [0.717, 1.165) is 83.2 Å². The maximum absolute atomic E-state index is 14.6. The third-order valence-electron chi connectivity index (χ3n) is 20.2. The number of H-pyrrole nitrogens is 5. The molecule has 5 aromatic heterocycles. The number of aryl methyl sites for hydroxylation is 5. The average Bonchev–Trinajstić information content (AvgIpc) is 0.834. The quantitative estimate of drug-likeness (QED) is 0.0161. The van der Waals surface area contributed by atoms with E-state index in [4.69, 9.17) is 11.5 Å². The van der Waals surface area contributed by atoms with Crippen LogP contribution in [0.3, 0.4) is 0 Å². The maximum Gasteiger partial charge on any atom is 0.328 e. The van der Waals surface area contributed by atoms with Gasteiger partial charge in [-0.3, -0.25) is 149 Å². The Morgan fingerprint density at radius 3 is 0.917 bits per heavy atom. The first-order valence-corrected chi connectivity index (χ1v) is 42.0. The van der Waals surface area contributed by atoms with Gasteiger partial charge in [0.15, 0.2) is 0 Å².